The van der Waals surface area contributed by atoms with Gasteiger partial charge < -0.3 is 16.0 Å². The molecule has 0 saturated carbocycles. The van der Waals surface area contributed by atoms with Crippen molar-refractivity contribution < 1.29 is 18.0 Å². The van der Waals surface area contributed by atoms with Gasteiger partial charge in [-0.3, -0.25) is 0 Å². The number of halogens is 3. The van der Waals surface area contributed by atoms with E-state index >= 15 is 0 Å². The quantitative estimate of drug-likeness (QED) is 0.783. The molecule has 2 amide bonds. The van der Waals surface area contributed by atoms with Gasteiger partial charge in [0, 0.05) is 18.3 Å². The van der Waals surface area contributed by atoms with Crippen LogP contribution in [0.1, 0.15) is 12.8 Å². The molecule has 1 saturated heterocycles. The van der Waals surface area contributed by atoms with Crippen molar-refractivity contribution in [1.82, 2.24) is 10.6 Å². The number of anilines is 1. The van der Waals surface area contributed by atoms with Gasteiger partial charge in [0.15, 0.2) is 0 Å². The van der Waals surface area contributed by atoms with Gasteiger partial charge in [-0.15, -0.1) is 0 Å². The van der Waals surface area contributed by atoms with Crippen molar-refractivity contribution >= 4 is 11.7 Å². The summed E-state index contributed by atoms with van der Waals surface area (Å²) < 4.78 is 37.4. The molecule has 110 valence electrons. The number of carbonyl (C=O) groups is 1. The van der Waals surface area contributed by atoms with Gasteiger partial charge in [0.05, 0.1) is 0 Å². The number of hydrogen-bond donors (Lipinski definition) is 3. The van der Waals surface area contributed by atoms with Gasteiger partial charge in [0.25, 0.3) is 0 Å². The maximum Gasteiger partial charge on any atom is 0.403 e. The van der Waals surface area contributed by atoms with E-state index in [1.54, 1.807) is 24.3 Å². The molecule has 0 aromatic heterocycles. The molecule has 4 nitrogen and oxygen atoms in total. The van der Waals surface area contributed by atoms with Crippen LogP contribution in [0, 0.1) is 0 Å². The number of hydrogen-bond acceptors (Lipinski definition) is 2. The highest BCUT2D eigenvalue weighted by molar-refractivity contribution is 5.89. The third kappa shape index (κ3) is 4.12. The Bertz CT molecular complexity index is 442. The van der Waals surface area contributed by atoms with Gasteiger partial charge in [-0.05, 0) is 25.0 Å². The van der Waals surface area contributed by atoms with E-state index < -0.39 is 18.2 Å². The number of amides is 2. The van der Waals surface area contributed by atoms with Crippen LogP contribution in [-0.4, -0.2) is 30.8 Å². The van der Waals surface area contributed by atoms with E-state index in [1.165, 1.54) is 0 Å². The fourth-order valence-corrected chi connectivity index (χ4v) is 2.13. The Morgan fingerprint density at radius 2 is 1.90 bits per heavy atom. The summed E-state index contributed by atoms with van der Waals surface area (Å²) in [5.74, 6) is 0. The highest BCUT2D eigenvalue weighted by atomic mass is 19.4. The maximum absolute atomic E-state index is 12.5. The molecule has 1 aliphatic rings. The Morgan fingerprint density at radius 3 is 2.45 bits per heavy atom. The highest BCUT2D eigenvalue weighted by Crippen LogP contribution is 2.26. The SMILES string of the molecule is O=C(Nc1ccccc1)NC1CCC(C(F)(F)F)NC1. The van der Waals surface area contributed by atoms with E-state index in [2.05, 4.69) is 16.0 Å². The number of alkyl halides is 3. The van der Waals surface area contributed by atoms with E-state index in [4.69, 9.17) is 0 Å². The molecule has 1 fully saturated rings. The molecule has 0 bridgehead atoms. The lowest BCUT2D eigenvalue weighted by atomic mass is 10.0. The van der Waals surface area contributed by atoms with Crippen LogP contribution in [0.25, 0.3) is 0 Å². The second-order valence-electron chi connectivity index (χ2n) is 4.74. The summed E-state index contributed by atoms with van der Waals surface area (Å²) in [6.45, 7) is 0.117. The summed E-state index contributed by atoms with van der Waals surface area (Å²) in [6.07, 6.45) is -3.95. The van der Waals surface area contributed by atoms with Crippen LogP contribution >= 0.6 is 0 Å². The molecule has 0 aliphatic carbocycles. The lowest BCUT2D eigenvalue weighted by Gasteiger charge is -2.31. The van der Waals surface area contributed by atoms with Gasteiger partial charge >= 0.3 is 12.2 Å². The number of benzene rings is 1. The summed E-state index contributed by atoms with van der Waals surface area (Å²) in [5, 5.41) is 7.70. The Hall–Kier alpha value is -1.76. The van der Waals surface area contributed by atoms with Gasteiger partial charge in [0.1, 0.15) is 6.04 Å². The number of para-hydroxylation sites is 1. The first-order valence-corrected chi connectivity index (χ1v) is 6.38. The lowest BCUT2D eigenvalue weighted by molar-refractivity contribution is -0.160. The zero-order chi connectivity index (χ0) is 14.6. The summed E-state index contributed by atoms with van der Waals surface area (Å²) in [7, 11) is 0. The fraction of sp³-hybridized carbons (Fsp3) is 0.462. The van der Waals surface area contributed by atoms with E-state index in [0.29, 0.717) is 12.1 Å². The average Bonchev–Trinajstić information content (AvgIpc) is 2.39. The molecule has 1 aromatic carbocycles. The van der Waals surface area contributed by atoms with Gasteiger partial charge in [-0.2, -0.15) is 13.2 Å². The van der Waals surface area contributed by atoms with Gasteiger partial charge in [-0.25, -0.2) is 4.79 Å². The molecular formula is C13H16F3N3O. The molecule has 1 aliphatic heterocycles. The summed E-state index contributed by atoms with van der Waals surface area (Å²) in [6, 6.07) is 6.68. The van der Waals surface area contributed by atoms with Crippen LogP contribution in [0.3, 0.4) is 0 Å². The molecule has 0 radical (unpaired) electrons. The second kappa shape index (κ2) is 6.13. The minimum Gasteiger partial charge on any atom is -0.334 e. The van der Waals surface area contributed by atoms with Crippen LogP contribution < -0.4 is 16.0 Å². The van der Waals surface area contributed by atoms with Crippen molar-refractivity contribution in [2.24, 2.45) is 0 Å². The largest absolute Gasteiger partial charge is 0.403 e. The molecule has 1 heterocycles. The highest BCUT2D eigenvalue weighted by Gasteiger charge is 2.41. The minimum atomic E-state index is -4.22. The first-order valence-electron chi connectivity index (χ1n) is 6.38. The molecule has 2 rings (SSSR count). The molecule has 2 atom stereocenters. The normalized spacial score (nSPS) is 23.1. The third-order valence-corrected chi connectivity index (χ3v) is 3.18. The Balaban J connectivity index is 1.77. The van der Waals surface area contributed by atoms with Crippen molar-refractivity contribution in [2.45, 2.75) is 31.1 Å². The first-order chi connectivity index (χ1) is 9.45. The van der Waals surface area contributed by atoms with Crippen molar-refractivity contribution in [3.8, 4) is 0 Å². The summed E-state index contributed by atoms with van der Waals surface area (Å²) in [4.78, 5) is 11.7. The summed E-state index contributed by atoms with van der Waals surface area (Å²) in [5.41, 5.74) is 0.641. The van der Waals surface area contributed by atoms with E-state index in [1.807, 2.05) is 6.07 Å². The smallest absolute Gasteiger partial charge is 0.334 e. The van der Waals surface area contributed by atoms with Crippen LogP contribution in [0.4, 0.5) is 23.7 Å². The van der Waals surface area contributed by atoms with Crippen molar-refractivity contribution in [3.05, 3.63) is 30.3 Å². The molecule has 1 aromatic rings. The third-order valence-electron chi connectivity index (χ3n) is 3.18. The van der Waals surface area contributed by atoms with Crippen molar-refractivity contribution in [3.63, 3.8) is 0 Å². The fourth-order valence-electron chi connectivity index (χ4n) is 2.13. The number of urea groups is 1. The molecular weight excluding hydrogens is 271 g/mol. The molecule has 0 spiro atoms. The van der Waals surface area contributed by atoms with E-state index in [-0.39, 0.29) is 19.0 Å². The van der Waals surface area contributed by atoms with Crippen LogP contribution in [0.15, 0.2) is 30.3 Å². The topological polar surface area (TPSA) is 53.2 Å². The number of nitrogens with one attached hydrogen (secondary N) is 3. The Labute approximate surface area is 114 Å². The Kier molecular flexibility index (Phi) is 4.49. The molecule has 2 unspecified atom stereocenters. The van der Waals surface area contributed by atoms with E-state index in [9.17, 15) is 18.0 Å². The minimum absolute atomic E-state index is 0.0280. The number of carbonyl (C=O) groups excluding carboxylic acids is 1. The monoisotopic (exact) mass is 287 g/mol. The van der Waals surface area contributed by atoms with Crippen LogP contribution in [-0.2, 0) is 0 Å². The zero-order valence-electron chi connectivity index (χ0n) is 10.7. The standard InChI is InChI=1S/C13H16F3N3O/c14-13(15,16)11-7-6-10(8-17-11)19-12(20)18-9-4-2-1-3-5-9/h1-5,10-11,17H,6-8H2,(H2,18,19,20). The number of rotatable bonds is 2. The van der Waals surface area contributed by atoms with Crippen molar-refractivity contribution in [1.29, 1.82) is 0 Å². The Morgan fingerprint density at radius 1 is 1.20 bits per heavy atom. The molecule has 7 heteroatoms. The van der Waals surface area contributed by atoms with Crippen LogP contribution in [0.2, 0.25) is 0 Å². The van der Waals surface area contributed by atoms with Crippen molar-refractivity contribution in [2.75, 3.05) is 11.9 Å². The summed E-state index contributed by atoms with van der Waals surface area (Å²) >= 11 is 0. The molecule has 20 heavy (non-hydrogen) atoms. The lowest BCUT2D eigenvalue weighted by Crippen LogP contribution is -2.54. The predicted octanol–water partition coefficient (Wildman–Crippen LogP) is 2.49. The van der Waals surface area contributed by atoms with Crippen LogP contribution in [0.5, 0.6) is 0 Å². The molecule has 3 N–H and O–H groups in total. The predicted molar refractivity (Wildman–Crippen MR) is 69.5 cm³/mol. The average molecular weight is 287 g/mol. The zero-order valence-corrected chi connectivity index (χ0v) is 10.7. The number of piperidine rings is 1. The van der Waals surface area contributed by atoms with Gasteiger partial charge in [0.2, 0.25) is 0 Å². The van der Waals surface area contributed by atoms with Gasteiger partial charge in [-0.1, -0.05) is 18.2 Å². The second-order valence-corrected chi connectivity index (χ2v) is 4.74. The maximum atomic E-state index is 12.5. The van der Waals surface area contributed by atoms with E-state index in [0.717, 1.165) is 0 Å². The first kappa shape index (κ1) is 14.6.